The molecule has 4 aromatic rings. The first-order chi connectivity index (χ1) is 20.2. The lowest BCUT2D eigenvalue weighted by molar-refractivity contribution is 0.0691. The number of aryl methyl sites for hydroxylation is 1. The van der Waals surface area contributed by atoms with Crippen molar-refractivity contribution in [1.82, 2.24) is 14.9 Å². The van der Waals surface area contributed by atoms with Gasteiger partial charge in [-0.3, -0.25) is 4.79 Å². The van der Waals surface area contributed by atoms with Crippen LogP contribution in [0, 0.1) is 5.53 Å². The van der Waals surface area contributed by atoms with Gasteiger partial charge in [0.15, 0.2) is 5.84 Å². The maximum Gasteiger partial charge on any atom is 0.269 e. The van der Waals surface area contributed by atoms with Crippen LogP contribution in [0.1, 0.15) is 67.5 Å². The van der Waals surface area contributed by atoms with E-state index in [2.05, 4.69) is 33.5 Å². The van der Waals surface area contributed by atoms with Crippen molar-refractivity contribution in [3.63, 3.8) is 0 Å². The van der Waals surface area contributed by atoms with Crippen LogP contribution in [0.25, 0.3) is 22.3 Å². The third-order valence-corrected chi connectivity index (χ3v) is 7.15. The quantitative estimate of drug-likeness (QED) is 0.0537. The zero-order valence-electron chi connectivity index (χ0n) is 24.5. The van der Waals surface area contributed by atoms with E-state index in [0.717, 1.165) is 52.9 Å². The number of amidine groups is 1. The number of nitrogens with one attached hydrogen (secondary N) is 2. The van der Waals surface area contributed by atoms with E-state index in [1.54, 1.807) is 20.0 Å². The van der Waals surface area contributed by atoms with Crippen LogP contribution in [0.2, 0.25) is 0 Å². The predicted molar refractivity (Wildman–Crippen MR) is 166 cm³/mol. The van der Waals surface area contributed by atoms with Crippen LogP contribution in [0.5, 0.6) is 0 Å². The molecule has 0 radical (unpaired) electrons. The van der Waals surface area contributed by atoms with E-state index < -0.39 is 5.60 Å². The fourth-order valence-electron chi connectivity index (χ4n) is 4.80. The van der Waals surface area contributed by atoms with E-state index in [9.17, 15) is 9.90 Å². The first kappa shape index (κ1) is 30.3. The van der Waals surface area contributed by atoms with Crippen LogP contribution in [0.4, 0.5) is 0 Å². The summed E-state index contributed by atoms with van der Waals surface area (Å²) in [5, 5.41) is 20.2. The minimum atomic E-state index is -0.854. The molecular weight excluding hydrogens is 526 g/mol. The molecule has 1 aromatic heterocycles. The molecule has 0 spiro atoms. The molecule has 0 aliphatic carbocycles. The molecule has 0 saturated carbocycles. The Hall–Kier alpha value is -4.63. The number of hydrogen-bond donors (Lipinski definition) is 4. The molecule has 0 aliphatic heterocycles. The normalized spacial score (nSPS) is 11.9. The summed E-state index contributed by atoms with van der Waals surface area (Å²) in [6.45, 7) is 6.44. The number of carbonyl (C=O) groups excluding carboxylic acids is 1. The van der Waals surface area contributed by atoms with Crippen molar-refractivity contribution in [1.29, 1.82) is 5.53 Å². The fourth-order valence-corrected chi connectivity index (χ4v) is 4.80. The molecule has 9 nitrogen and oxygen atoms in total. The number of nitrogens with two attached hydrogens (primary N) is 1. The van der Waals surface area contributed by atoms with Crippen molar-refractivity contribution in [2.24, 2.45) is 16.1 Å². The highest BCUT2D eigenvalue weighted by molar-refractivity contribution is 6.05. The van der Waals surface area contributed by atoms with Crippen LogP contribution >= 0.6 is 0 Å². The van der Waals surface area contributed by atoms with Crippen LogP contribution < -0.4 is 11.2 Å². The summed E-state index contributed by atoms with van der Waals surface area (Å²) in [5.41, 5.74) is 12.8. The van der Waals surface area contributed by atoms with Gasteiger partial charge in [-0.05, 0) is 66.6 Å². The second-order valence-corrected chi connectivity index (χ2v) is 11.0. The number of rotatable bonds is 12. The third-order valence-electron chi connectivity index (χ3n) is 7.15. The number of carbonyl (C=O) groups is 1. The van der Waals surface area contributed by atoms with E-state index in [4.69, 9.17) is 11.4 Å². The molecule has 218 valence electrons. The number of aliphatic hydroxyl groups is 1. The topological polar surface area (TPSA) is 142 Å². The van der Waals surface area contributed by atoms with Gasteiger partial charge in [0, 0.05) is 25.1 Å². The van der Waals surface area contributed by atoms with E-state index in [0.29, 0.717) is 30.8 Å². The predicted octanol–water partition coefficient (Wildman–Crippen LogP) is 6.15. The van der Waals surface area contributed by atoms with E-state index >= 15 is 0 Å². The number of amides is 1. The average Bonchev–Trinajstić information content (AvgIpc) is 3.39. The van der Waals surface area contributed by atoms with Crippen LogP contribution in [-0.4, -0.2) is 38.5 Å². The van der Waals surface area contributed by atoms with Crippen LogP contribution in [0.3, 0.4) is 0 Å². The first-order valence-electron chi connectivity index (χ1n) is 14.2. The van der Waals surface area contributed by atoms with Gasteiger partial charge < -0.3 is 20.8 Å². The SMILES string of the molecule is CCCCc1ncc(C(=O)NCCC(C)(C)O)n1Cc1ccc(-c2cc(-c3ccccc3)ccc2/C(N=N)=N/N)cc1. The van der Waals surface area contributed by atoms with Crippen molar-refractivity contribution in [2.75, 3.05) is 6.54 Å². The summed E-state index contributed by atoms with van der Waals surface area (Å²) in [6, 6.07) is 24.1. The lowest BCUT2D eigenvalue weighted by Gasteiger charge is -2.17. The smallest absolute Gasteiger partial charge is 0.269 e. The summed E-state index contributed by atoms with van der Waals surface area (Å²) >= 11 is 0. The Morgan fingerprint density at radius 2 is 1.76 bits per heavy atom. The number of nitrogens with zero attached hydrogens (tertiary/aromatic N) is 4. The maximum absolute atomic E-state index is 13.1. The van der Waals surface area contributed by atoms with Gasteiger partial charge in [-0.2, -0.15) is 5.10 Å². The lowest BCUT2D eigenvalue weighted by atomic mass is 9.93. The zero-order valence-corrected chi connectivity index (χ0v) is 24.5. The van der Waals surface area contributed by atoms with Crippen LogP contribution in [-0.2, 0) is 13.0 Å². The Bertz CT molecular complexity index is 1540. The highest BCUT2D eigenvalue weighted by atomic mass is 16.3. The fraction of sp³-hybridized carbons (Fsp3) is 0.303. The maximum atomic E-state index is 13.1. The van der Waals surface area contributed by atoms with Gasteiger partial charge >= 0.3 is 0 Å². The molecule has 0 saturated heterocycles. The number of hydrogen-bond acceptors (Lipinski definition) is 6. The summed E-state index contributed by atoms with van der Waals surface area (Å²) < 4.78 is 1.98. The van der Waals surface area contributed by atoms with E-state index in [1.165, 1.54) is 0 Å². The molecule has 0 aliphatic rings. The van der Waals surface area contributed by atoms with E-state index in [-0.39, 0.29) is 11.7 Å². The van der Waals surface area contributed by atoms with Gasteiger partial charge in [0.2, 0.25) is 0 Å². The molecule has 9 heteroatoms. The van der Waals surface area contributed by atoms with Crippen LogP contribution in [0.15, 0.2) is 89.2 Å². The number of hydrazone groups is 1. The van der Waals surface area contributed by atoms with Crippen molar-refractivity contribution in [3.8, 4) is 22.3 Å². The molecule has 4 rings (SSSR count). The molecule has 42 heavy (non-hydrogen) atoms. The molecule has 3 aromatic carbocycles. The van der Waals surface area contributed by atoms with Gasteiger partial charge in [-0.15, -0.1) is 5.11 Å². The highest BCUT2D eigenvalue weighted by Crippen LogP contribution is 2.31. The summed E-state index contributed by atoms with van der Waals surface area (Å²) in [6.07, 6.45) is 4.87. The molecule has 5 N–H and O–H groups in total. The highest BCUT2D eigenvalue weighted by Gasteiger charge is 2.19. The second-order valence-electron chi connectivity index (χ2n) is 11.0. The third kappa shape index (κ3) is 7.55. The van der Waals surface area contributed by atoms with Crippen molar-refractivity contribution < 1.29 is 9.90 Å². The Morgan fingerprint density at radius 3 is 2.40 bits per heavy atom. The molecule has 1 amide bonds. The Morgan fingerprint density at radius 1 is 1.05 bits per heavy atom. The van der Waals surface area contributed by atoms with Crippen molar-refractivity contribution in [3.05, 3.63) is 102 Å². The summed E-state index contributed by atoms with van der Waals surface area (Å²) in [7, 11) is 0. The van der Waals surface area contributed by atoms with Gasteiger partial charge in [0.1, 0.15) is 11.5 Å². The lowest BCUT2D eigenvalue weighted by Crippen LogP contribution is -2.32. The molecule has 0 unspecified atom stereocenters. The van der Waals surface area contributed by atoms with Gasteiger partial charge in [-0.25, -0.2) is 10.5 Å². The largest absolute Gasteiger partial charge is 0.390 e. The second kappa shape index (κ2) is 13.8. The van der Waals surface area contributed by atoms with Gasteiger partial charge in [0.25, 0.3) is 5.91 Å². The standard InChI is InChI=1S/C33H39N7O2/c1-4-5-11-30-37-21-29(32(41)36-19-18-33(2,3)42)40(30)22-23-12-14-25(15-13-23)28-20-26(24-9-7-6-8-10-24)16-17-27(28)31(38-34)39-35/h6-10,12-17,20-21,34,42H,4-5,11,18-19,22,35H2,1-3H3,(H,36,41)/b38-34?,39-31-. The molecule has 0 atom stereocenters. The average molecular weight is 566 g/mol. The number of benzene rings is 3. The zero-order chi connectivity index (χ0) is 30.1. The number of imidazole rings is 1. The molecular formula is C33H39N7O2. The molecule has 0 bridgehead atoms. The summed E-state index contributed by atoms with van der Waals surface area (Å²) in [4.78, 5) is 17.7. The van der Waals surface area contributed by atoms with Crippen molar-refractivity contribution in [2.45, 2.75) is 58.6 Å². The monoisotopic (exact) mass is 565 g/mol. The minimum absolute atomic E-state index is 0.146. The Labute approximate surface area is 247 Å². The Kier molecular flexibility index (Phi) is 9.98. The summed E-state index contributed by atoms with van der Waals surface area (Å²) in [5.74, 6) is 6.38. The van der Waals surface area contributed by atoms with Gasteiger partial charge in [-0.1, -0.05) is 74.0 Å². The minimum Gasteiger partial charge on any atom is -0.390 e. The molecule has 1 heterocycles. The first-order valence-corrected chi connectivity index (χ1v) is 14.2. The Balaban J connectivity index is 1.65. The van der Waals surface area contributed by atoms with Crippen molar-refractivity contribution >= 4 is 11.7 Å². The molecule has 0 fully saturated rings. The van der Waals surface area contributed by atoms with E-state index in [1.807, 2.05) is 71.3 Å². The number of unbranched alkanes of at least 4 members (excludes halogenated alkanes) is 1. The van der Waals surface area contributed by atoms with Gasteiger partial charge in [0.05, 0.1) is 11.8 Å². The number of aromatic nitrogens is 2.